The van der Waals surface area contributed by atoms with E-state index in [1.165, 1.54) is 0 Å². The van der Waals surface area contributed by atoms with Crippen molar-refractivity contribution in [3.8, 4) is 0 Å². The number of nitrogens with zero attached hydrogens (tertiary/aromatic N) is 5. The second kappa shape index (κ2) is 7.98. The van der Waals surface area contributed by atoms with Crippen molar-refractivity contribution in [1.82, 2.24) is 14.6 Å². The van der Waals surface area contributed by atoms with Crippen molar-refractivity contribution in [3.63, 3.8) is 0 Å². The van der Waals surface area contributed by atoms with Gasteiger partial charge in [-0.3, -0.25) is 4.99 Å². The normalized spacial score (nSPS) is 23.3. The quantitative estimate of drug-likeness (QED) is 0.758. The van der Waals surface area contributed by atoms with E-state index in [9.17, 15) is 5.11 Å². The molecule has 2 aromatic rings. The van der Waals surface area contributed by atoms with Crippen LogP contribution in [0.25, 0.3) is 5.65 Å². The average Bonchev–Trinajstić information content (AvgIpc) is 3.08. The van der Waals surface area contributed by atoms with Crippen LogP contribution in [-0.4, -0.2) is 52.2 Å². The summed E-state index contributed by atoms with van der Waals surface area (Å²) >= 11 is 3.56. The number of anilines is 2. The Morgan fingerprint density at radius 1 is 1.33 bits per heavy atom. The van der Waals surface area contributed by atoms with Crippen molar-refractivity contribution in [1.29, 1.82) is 0 Å². The van der Waals surface area contributed by atoms with Crippen molar-refractivity contribution < 1.29 is 5.11 Å². The Balaban J connectivity index is 1.57. The molecule has 27 heavy (non-hydrogen) atoms. The zero-order valence-corrected chi connectivity index (χ0v) is 17.0. The van der Waals surface area contributed by atoms with Gasteiger partial charge in [-0.15, -0.1) is 0 Å². The molecule has 1 saturated heterocycles. The number of aliphatic imine (C=N–C) groups is 1. The molecule has 2 unspecified atom stereocenters. The largest absolute Gasteiger partial charge is 0.396 e. The molecule has 1 fully saturated rings. The van der Waals surface area contributed by atoms with Gasteiger partial charge < -0.3 is 15.3 Å². The van der Waals surface area contributed by atoms with Crippen LogP contribution in [0, 0.1) is 17.8 Å². The van der Waals surface area contributed by atoms with Crippen LogP contribution in [-0.2, 0) is 0 Å². The molecule has 0 saturated carbocycles. The van der Waals surface area contributed by atoms with Gasteiger partial charge in [-0.25, -0.2) is 4.98 Å². The first-order chi connectivity index (χ1) is 13.2. The number of hydrogen-bond donors (Lipinski definition) is 2. The number of hydrogen-bond acceptors (Lipinski definition) is 6. The summed E-state index contributed by atoms with van der Waals surface area (Å²) < 4.78 is 2.72. The lowest BCUT2D eigenvalue weighted by atomic mass is 9.94. The standard InChI is InChI=1S/C19H25BrN6O/c1-13-2-5-21-9-15(13)10-22-17-8-18(24-19-16(20)11-23-26(17)19)25-6-3-14(12-27)4-7-25/h2,5,8-9,11,13-15,22,27H,3-4,6-7,10,12H2,1H3. The molecule has 0 spiro atoms. The second-order valence-corrected chi connectivity index (χ2v) is 8.24. The third-order valence-corrected chi connectivity index (χ3v) is 6.12. The summed E-state index contributed by atoms with van der Waals surface area (Å²) in [5.74, 6) is 3.09. The molecule has 2 N–H and O–H groups in total. The number of rotatable bonds is 5. The van der Waals surface area contributed by atoms with E-state index in [4.69, 9.17) is 4.98 Å². The average molecular weight is 433 g/mol. The van der Waals surface area contributed by atoms with Crippen molar-refractivity contribution in [2.24, 2.45) is 22.7 Å². The number of fused-ring (bicyclic) bond motifs is 1. The molecule has 0 amide bonds. The van der Waals surface area contributed by atoms with Gasteiger partial charge in [0.1, 0.15) is 11.6 Å². The van der Waals surface area contributed by atoms with E-state index in [1.807, 2.05) is 16.9 Å². The van der Waals surface area contributed by atoms with Crippen LogP contribution in [0.2, 0.25) is 0 Å². The van der Waals surface area contributed by atoms with Gasteiger partial charge in [-0.05, 0) is 40.6 Å². The van der Waals surface area contributed by atoms with E-state index in [0.29, 0.717) is 17.8 Å². The summed E-state index contributed by atoms with van der Waals surface area (Å²) in [6, 6.07) is 2.08. The Labute approximate surface area is 167 Å². The highest BCUT2D eigenvalue weighted by atomic mass is 79.9. The molecular formula is C19H25BrN6O. The van der Waals surface area contributed by atoms with Crippen LogP contribution in [0.5, 0.6) is 0 Å². The van der Waals surface area contributed by atoms with Crippen molar-refractivity contribution >= 4 is 39.4 Å². The number of allylic oxidation sites excluding steroid dienone is 1. The third-order valence-electron chi connectivity index (χ3n) is 5.56. The van der Waals surface area contributed by atoms with Crippen LogP contribution in [0.4, 0.5) is 11.6 Å². The molecule has 0 aromatic carbocycles. The first-order valence-corrected chi connectivity index (χ1v) is 10.3. The van der Waals surface area contributed by atoms with Crippen molar-refractivity contribution in [2.75, 3.05) is 36.5 Å². The van der Waals surface area contributed by atoms with Crippen LogP contribution in [0.1, 0.15) is 19.8 Å². The topological polar surface area (TPSA) is 78.0 Å². The van der Waals surface area contributed by atoms with Crippen molar-refractivity contribution in [3.05, 3.63) is 29.0 Å². The Morgan fingerprint density at radius 2 is 2.15 bits per heavy atom. The number of aliphatic hydroxyl groups excluding tert-OH is 1. The maximum Gasteiger partial charge on any atom is 0.173 e. The van der Waals surface area contributed by atoms with Crippen LogP contribution in [0.3, 0.4) is 0 Å². The fraction of sp³-hybridized carbons (Fsp3) is 0.526. The summed E-state index contributed by atoms with van der Waals surface area (Å²) in [4.78, 5) is 11.4. The van der Waals surface area contributed by atoms with Crippen molar-refractivity contribution in [2.45, 2.75) is 19.8 Å². The lowest BCUT2D eigenvalue weighted by Gasteiger charge is -2.32. The van der Waals surface area contributed by atoms with E-state index >= 15 is 0 Å². The summed E-state index contributed by atoms with van der Waals surface area (Å²) in [6.45, 7) is 5.10. The number of aromatic nitrogens is 3. The first-order valence-electron chi connectivity index (χ1n) is 9.49. The Hall–Kier alpha value is -1.93. The molecule has 2 aliphatic heterocycles. The maximum atomic E-state index is 9.38. The van der Waals surface area contributed by atoms with Crippen LogP contribution in [0.15, 0.2) is 34.0 Å². The monoisotopic (exact) mass is 432 g/mol. The van der Waals surface area contributed by atoms with E-state index in [0.717, 1.165) is 54.2 Å². The molecule has 4 heterocycles. The lowest BCUT2D eigenvalue weighted by Crippen LogP contribution is -2.35. The molecule has 0 radical (unpaired) electrons. The minimum Gasteiger partial charge on any atom is -0.396 e. The highest BCUT2D eigenvalue weighted by Crippen LogP contribution is 2.28. The zero-order chi connectivity index (χ0) is 18.8. The molecule has 144 valence electrons. The van der Waals surface area contributed by atoms with E-state index in [2.05, 4.69) is 55.3 Å². The molecule has 8 heteroatoms. The molecule has 0 bridgehead atoms. The number of aliphatic hydroxyl groups is 1. The number of halogens is 1. The molecule has 2 aliphatic rings. The summed E-state index contributed by atoms with van der Waals surface area (Å²) in [6.07, 6.45) is 9.78. The Kier molecular flexibility index (Phi) is 5.45. The fourth-order valence-corrected chi connectivity index (χ4v) is 3.99. The number of nitrogens with one attached hydrogen (secondary N) is 1. The Bertz CT molecular complexity index is 855. The Morgan fingerprint density at radius 3 is 2.89 bits per heavy atom. The van der Waals surface area contributed by atoms with Gasteiger partial charge >= 0.3 is 0 Å². The van der Waals surface area contributed by atoms with Gasteiger partial charge in [-0.1, -0.05) is 13.0 Å². The van der Waals surface area contributed by atoms with E-state index in [1.54, 1.807) is 6.20 Å². The highest BCUT2D eigenvalue weighted by molar-refractivity contribution is 9.10. The van der Waals surface area contributed by atoms with Crippen LogP contribution < -0.4 is 10.2 Å². The van der Waals surface area contributed by atoms with Gasteiger partial charge in [0.05, 0.1) is 10.7 Å². The predicted octanol–water partition coefficient (Wildman–Crippen LogP) is 2.96. The fourth-order valence-electron chi connectivity index (χ4n) is 3.64. The predicted molar refractivity (Wildman–Crippen MR) is 111 cm³/mol. The molecule has 2 aromatic heterocycles. The first kappa shape index (κ1) is 18.4. The molecule has 7 nitrogen and oxygen atoms in total. The summed E-state index contributed by atoms with van der Waals surface area (Å²) in [7, 11) is 0. The number of piperidine rings is 1. The van der Waals surface area contributed by atoms with E-state index in [-0.39, 0.29) is 6.61 Å². The molecule has 0 aliphatic carbocycles. The summed E-state index contributed by atoms with van der Waals surface area (Å²) in [5, 5.41) is 17.4. The molecule has 2 atom stereocenters. The highest BCUT2D eigenvalue weighted by Gasteiger charge is 2.22. The summed E-state index contributed by atoms with van der Waals surface area (Å²) in [5.41, 5.74) is 0.810. The third kappa shape index (κ3) is 3.87. The smallest absolute Gasteiger partial charge is 0.173 e. The van der Waals surface area contributed by atoms with Gasteiger partial charge in [0, 0.05) is 50.6 Å². The van der Waals surface area contributed by atoms with Gasteiger partial charge in [0.25, 0.3) is 0 Å². The van der Waals surface area contributed by atoms with Gasteiger partial charge in [0.2, 0.25) is 0 Å². The minimum atomic E-state index is 0.275. The van der Waals surface area contributed by atoms with Gasteiger partial charge in [0.15, 0.2) is 5.65 Å². The second-order valence-electron chi connectivity index (χ2n) is 7.38. The van der Waals surface area contributed by atoms with E-state index < -0.39 is 0 Å². The minimum absolute atomic E-state index is 0.275. The maximum absolute atomic E-state index is 9.38. The zero-order valence-electron chi connectivity index (χ0n) is 15.4. The molecule has 4 rings (SSSR count). The lowest BCUT2D eigenvalue weighted by molar-refractivity contribution is 0.203. The van der Waals surface area contributed by atoms with Gasteiger partial charge in [-0.2, -0.15) is 9.61 Å². The molecular weight excluding hydrogens is 408 g/mol. The SMILES string of the molecule is CC1C=CN=CC1CNc1cc(N2CCC(CO)CC2)nc2c(Br)cnn12. The van der Waals surface area contributed by atoms with Crippen LogP contribution >= 0.6 is 15.9 Å².